The third-order valence-corrected chi connectivity index (χ3v) is 2.61. The van der Waals surface area contributed by atoms with Crippen molar-refractivity contribution in [1.29, 1.82) is 0 Å². The van der Waals surface area contributed by atoms with Crippen LogP contribution >= 0.6 is 0 Å². The second kappa shape index (κ2) is 6.50. The summed E-state index contributed by atoms with van der Waals surface area (Å²) in [5.41, 5.74) is 2.37. The van der Waals surface area contributed by atoms with Gasteiger partial charge in [-0.3, -0.25) is 0 Å². The lowest BCUT2D eigenvalue weighted by molar-refractivity contribution is 0.414. The van der Waals surface area contributed by atoms with Gasteiger partial charge >= 0.3 is 0 Å². The van der Waals surface area contributed by atoms with Crippen molar-refractivity contribution in [3.63, 3.8) is 0 Å². The molecule has 0 spiro atoms. The molecule has 0 aliphatic carbocycles. The Morgan fingerprint density at radius 1 is 1.29 bits per heavy atom. The van der Waals surface area contributed by atoms with E-state index in [2.05, 4.69) is 42.3 Å². The molecule has 1 aromatic rings. The SMILES string of the molecule is COc1cc(CNCC(C)C)ccc1N(C)C. The van der Waals surface area contributed by atoms with Gasteiger partial charge in [-0.25, -0.2) is 0 Å². The predicted molar refractivity (Wildman–Crippen MR) is 73.9 cm³/mol. The minimum Gasteiger partial charge on any atom is -0.495 e. The van der Waals surface area contributed by atoms with Crippen molar-refractivity contribution in [2.75, 3.05) is 32.6 Å². The first-order chi connectivity index (χ1) is 8.04. The van der Waals surface area contributed by atoms with Gasteiger partial charge < -0.3 is 15.0 Å². The van der Waals surface area contributed by atoms with Crippen LogP contribution in [0.25, 0.3) is 0 Å². The topological polar surface area (TPSA) is 24.5 Å². The first kappa shape index (κ1) is 13.8. The van der Waals surface area contributed by atoms with Crippen molar-refractivity contribution in [2.45, 2.75) is 20.4 Å². The van der Waals surface area contributed by atoms with Gasteiger partial charge in [0.1, 0.15) is 5.75 Å². The molecule has 0 radical (unpaired) electrons. The van der Waals surface area contributed by atoms with Gasteiger partial charge in [0, 0.05) is 20.6 Å². The van der Waals surface area contributed by atoms with E-state index in [1.54, 1.807) is 7.11 Å². The van der Waals surface area contributed by atoms with E-state index in [1.165, 1.54) is 5.56 Å². The Balaban J connectivity index is 2.69. The molecule has 0 aromatic heterocycles. The van der Waals surface area contributed by atoms with Crippen LogP contribution in [0.1, 0.15) is 19.4 Å². The number of methoxy groups -OCH3 is 1. The molecule has 3 heteroatoms. The van der Waals surface area contributed by atoms with Crippen LogP contribution in [0.4, 0.5) is 5.69 Å². The number of anilines is 1. The van der Waals surface area contributed by atoms with Crippen LogP contribution in [0, 0.1) is 5.92 Å². The maximum absolute atomic E-state index is 5.41. The van der Waals surface area contributed by atoms with Gasteiger partial charge in [-0.1, -0.05) is 19.9 Å². The second-order valence-electron chi connectivity index (χ2n) is 4.93. The molecule has 0 aliphatic rings. The number of benzene rings is 1. The lowest BCUT2D eigenvalue weighted by Crippen LogP contribution is -2.19. The highest BCUT2D eigenvalue weighted by Gasteiger charge is 2.06. The number of nitrogens with zero attached hydrogens (tertiary/aromatic N) is 1. The highest BCUT2D eigenvalue weighted by atomic mass is 16.5. The average molecular weight is 236 g/mol. The number of rotatable bonds is 6. The van der Waals surface area contributed by atoms with Gasteiger partial charge in [0.2, 0.25) is 0 Å². The molecule has 96 valence electrons. The van der Waals surface area contributed by atoms with Gasteiger partial charge in [-0.15, -0.1) is 0 Å². The summed E-state index contributed by atoms with van der Waals surface area (Å²) in [6, 6.07) is 6.35. The summed E-state index contributed by atoms with van der Waals surface area (Å²) in [5, 5.41) is 3.43. The molecular formula is C14H24N2O. The zero-order chi connectivity index (χ0) is 12.8. The molecule has 3 nitrogen and oxygen atoms in total. The molecule has 0 amide bonds. The molecule has 1 aromatic carbocycles. The summed E-state index contributed by atoms with van der Waals surface area (Å²) in [5.74, 6) is 1.61. The standard InChI is InChI=1S/C14H24N2O/c1-11(2)9-15-10-12-6-7-13(16(3)4)14(8-12)17-5/h6-8,11,15H,9-10H2,1-5H3. The third kappa shape index (κ3) is 4.27. The van der Waals surface area contributed by atoms with E-state index in [4.69, 9.17) is 4.74 Å². The predicted octanol–water partition coefficient (Wildman–Crippen LogP) is 2.51. The molecule has 0 bridgehead atoms. The van der Waals surface area contributed by atoms with E-state index in [-0.39, 0.29) is 0 Å². The van der Waals surface area contributed by atoms with Crippen LogP contribution in [-0.4, -0.2) is 27.7 Å². The number of ether oxygens (including phenoxy) is 1. The largest absolute Gasteiger partial charge is 0.495 e. The molecule has 0 fully saturated rings. The van der Waals surface area contributed by atoms with Crippen molar-refractivity contribution in [3.8, 4) is 5.75 Å². The van der Waals surface area contributed by atoms with Gasteiger partial charge in [0.15, 0.2) is 0 Å². The molecular weight excluding hydrogens is 212 g/mol. The smallest absolute Gasteiger partial charge is 0.142 e. The van der Waals surface area contributed by atoms with Crippen LogP contribution in [0.5, 0.6) is 5.75 Å². The molecule has 0 heterocycles. The molecule has 0 saturated heterocycles. The summed E-state index contributed by atoms with van der Waals surface area (Å²) in [6.07, 6.45) is 0. The van der Waals surface area contributed by atoms with Crippen LogP contribution in [0.2, 0.25) is 0 Å². The Bertz CT molecular complexity index is 348. The van der Waals surface area contributed by atoms with E-state index in [9.17, 15) is 0 Å². The lowest BCUT2D eigenvalue weighted by atomic mass is 10.1. The van der Waals surface area contributed by atoms with Crippen molar-refractivity contribution in [3.05, 3.63) is 23.8 Å². The first-order valence-electron chi connectivity index (χ1n) is 6.09. The van der Waals surface area contributed by atoms with Gasteiger partial charge in [-0.05, 0) is 30.2 Å². The second-order valence-corrected chi connectivity index (χ2v) is 4.93. The van der Waals surface area contributed by atoms with Crippen molar-refractivity contribution >= 4 is 5.69 Å². The van der Waals surface area contributed by atoms with Crippen molar-refractivity contribution < 1.29 is 4.74 Å². The van der Waals surface area contributed by atoms with E-state index in [1.807, 2.05) is 14.1 Å². The quantitative estimate of drug-likeness (QED) is 0.821. The zero-order valence-electron chi connectivity index (χ0n) is 11.6. The molecule has 0 aliphatic heterocycles. The third-order valence-electron chi connectivity index (χ3n) is 2.61. The maximum Gasteiger partial charge on any atom is 0.142 e. The summed E-state index contributed by atoms with van der Waals surface area (Å²) in [7, 11) is 5.76. The summed E-state index contributed by atoms with van der Waals surface area (Å²) < 4.78 is 5.41. The minimum atomic E-state index is 0.679. The van der Waals surface area contributed by atoms with E-state index >= 15 is 0 Å². The summed E-state index contributed by atoms with van der Waals surface area (Å²) in [6.45, 7) is 6.35. The maximum atomic E-state index is 5.41. The fraction of sp³-hybridized carbons (Fsp3) is 0.571. The Morgan fingerprint density at radius 3 is 2.53 bits per heavy atom. The fourth-order valence-corrected chi connectivity index (χ4v) is 1.71. The van der Waals surface area contributed by atoms with Crippen LogP contribution < -0.4 is 15.0 Å². The Labute approximate surface area is 105 Å². The minimum absolute atomic E-state index is 0.679. The van der Waals surface area contributed by atoms with Crippen LogP contribution in [0.15, 0.2) is 18.2 Å². The van der Waals surface area contributed by atoms with Gasteiger partial charge in [-0.2, -0.15) is 0 Å². The number of nitrogens with one attached hydrogen (secondary N) is 1. The lowest BCUT2D eigenvalue weighted by Gasteiger charge is -2.17. The Kier molecular flexibility index (Phi) is 5.29. The molecule has 0 saturated carbocycles. The van der Waals surface area contributed by atoms with E-state index in [0.29, 0.717) is 5.92 Å². The Morgan fingerprint density at radius 2 is 2.00 bits per heavy atom. The highest BCUT2D eigenvalue weighted by Crippen LogP contribution is 2.27. The Hall–Kier alpha value is -1.22. The van der Waals surface area contributed by atoms with Gasteiger partial charge in [0.25, 0.3) is 0 Å². The average Bonchev–Trinajstić information content (AvgIpc) is 2.28. The summed E-state index contributed by atoms with van der Waals surface area (Å²) in [4.78, 5) is 2.06. The van der Waals surface area contributed by atoms with Crippen LogP contribution in [0.3, 0.4) is 0 Å². The normalized spacial score (nSPS) is 10.7. The van der Waals surface area contributed by atoms with E-state index in [0.717, 1.165) is 24.5 Å². The van der Waals surface area contributed by atoms with Crippen molar-refractivity contribution in [2.24, 2.45) is 5.92 Å². The van der Waals surface area contributed by atoms with Crippen molar-refractivity contribution in [1.82, 2.24) is 5.32 Å². The number of hydrogen-bond donors (Lipinski definition) is 1. The first-order valence-corrected chi connectivity index (χ1v) is 6.09. The number of hydrogen-bond acceptors (Lipinski definition) is 3. The molecule has 17 heavy (non-hydrogen) atoms. The summed E-state index contributed by atoms with van der Waals surface area (Å²) >= 11 is 0. The molecule has 1 rings (SSSR count). The highest BCUT2D eigenvalue weighted by molar-refractivity contribution is 5.58. The van der Waals surface area contributed by atoms with E-state index < -0.39 is 0 Å². The fourth-order valence-electron chi connectivity index (χ4n) is 1.71. The molecule has 0 unspecified atom stereocenters. The zero-order valence-corrected chi connectivity index (χ0v) is 11.6. The van der Waals surface area contributed by atoms with Gasteiger partial charge in [0.05, 0.1) is 12.8 Å². The monoisotopic (exact) mass is 236 g/mol. The molecule has 0 atom stereocenters. The van der Waals surface area contributed by atoms with Crippen LogP contribution in [-0.2, 0) is 6.54 Å². The molecule has 1 N–H and O–H groups in total.